The van der Waals surface area contributed by atoms with Gasteiger partial charge in [0.15, 0.2) is 0 Å². The van der Waals surface area contributed by atoms with Crippen LogP contribution in [0.3, 0.4) is 0 Å². The second-order valence-corrected chi connectivity index (χ2v) is 7.21. The maximum atomic E-state index is 4.62. The van der Waals surface area contributed by atoms with E-state index in [0.717, 1.165) is 40.3 Å². The first-order valence-corrected chi connectivity index (χ1v) is 9.57. The van der Waals surface area contributed by atoms with Crippen LogP contribution in [-0.2, 0) is 6.54 Å². The number of likely N-dealkylation sites (N-methyl/N-ethyl adjacent to an activating group) is 1. The van der Waals surface area contributed by atoms with E-state index in [-0.39, 0.29) is 0 Å². The average Bonchev–Trinajstić information content (AvgIpc) is 2.68. The minimum absolute atomic E-state index is 0.592. The van der Waals surface area contributed by atoms with E-state index in [2.05, 4.69) is 52.5 Å². The summed E-state index contributed by atoms with van der Waals surface area (Å²) in [6, 6.07) is 15.9. The molecule has 0 bridgehead atoms. The zero-order chi connectivity index (χ0) is 19.1. The van der Waals surface area contributed by atoms with Crippen LogP contribution in [0.5, 0.6) is 0 Å². The van der Waals surface area contributed by atoms with Gasteiger partial charge in [-0.05, 0) is 37.9 Å². The summed E-state index contributed by atoms with van der Waals surface area (Å²) in [6.07, 6.45) is 1.77. The molecule has 27 heavy (non-hydrogen) atoms. The van der Waals surface area contributed by atoms with Crippen LogP contribution in [0, 0.1) is 0 Å². The topological polar surface area (TPSA) is 66.0 Å². The Morgan fingerprint density at radius 1 is 0.963 bits per heavy atom. The van der Waals surface area contributed by atoms with Crippen molar-refractivity contribution in [2.75, 3.05) is 37.8 Å². The summed E-state index contributed by atoms with van der Waals surface area (Å²) >= 11 is 3.58. The van der Waals surface area contributed by atoms with E-state index in [0.29, 0.717) is 12.5 Å². The van der Waals surface area contributed by atoms with E-state index in [1.807, 2.05) is 56.6 Å². The number of hydrogen-bond donors (Lipinski definition) is 2. The zero-order valence-corrected chi connectivity index (χ0v) is 17.1. The number of pyridine rings is 1. The Morgan fingerprint density at radius 3 is 2.52 bits per heavy atom. The molecule has 140 valence electrons. The normalized spacial score (nSPS) is 10.8. The van der Waals surface area contributed by atoms with Crippen molar-refractivity contribution >= 4 is 27.7 Å². The second kappa shape index (κ2) is 9.43. The number of benzene rings is 1. The van der Waals surface area contributed by atoms with Gasteiger partial charge in [0.25, 0.3) is 0 Å². The van der Waals surface area contributed by atoms with E-state index < -0.39 is 0 Å². The quantitative estimate of drug-likeness (QED) is 0.569. The molecule has 0 spiro atoms. The molecule has 2 N–H and O–H groups in total. The van der Waals surface area contributed by atoms with Crippen LogP contribution >= 0.6 is 15.9 Å². The third-order valence-corrected chi connectivity index (χ3v) is 4.69. The molecule has 0 fully saturated rings. The van der Waals surface area contributed by atoms with Crippen molar-refractivity contribution in [2.24, 2.45) is 0 Å². The van der Waals surface area contributed by atoms with Crippen molar-refractivity contribution in [3.8, 4) is 11.4 Å². The summed E-state index contributed by atoms with van der Waals surface area (Å²) in [4.78, 5) is 15.7. The van der Waals surface area contributed by atoms with E-state index >= 15 is 0 Å². The maximum Gasteiger partial charge on any atom is 0.225 e. The van der Waals surface area contributed by atoms with Gasteiger partial charge < -0.3 is 15.5 Å². The minimum atomic E-state index is 0.592. The highest BCUT2D eigenvalue weighted by molar-refractivity contribution is 9.10. The van der Waals surface area contributed by atoms with Crippen molar-refractivity contribution < 1.29 is 0 Å². The van der Waals surface area contributed by atoms with Gasteiger partial charge in [-0.2, -0.15) is 4.98 Å². The van der Waals surface area contributed by atoms with Crippen molar-refractivity contribution in [1.29, 1.82) is 0 Å². The molecule has 0 saturated carbocycles. The number of nitrogens with one attached hydrogen (secondary N) is 2. The third kappa shape index (κ3) is 5.74. The largest absolute Gasteiger partial charge is 0.366 e. The molecule has 0 amide bonds. The molecule has 6 nitrogen and oxygen atoms in total. The summed E-state index contributed by atoms with van der Waals surface area (Å²) in [5, 5.41) is 6.69. The molecule has 0 atom stereocenters. The van der Waals surface area contributed by atoms with E-state index in [4.69, 9.17) is 0 Å². The fraction of sp³-hybridized carbons (Fsp3) is 0.250. The van der Waals surface area contributed by atoms with Gasteiger partial charge in [-0.3, -0.25) is 4.98 Å². The second-order valence-electron chi connectivity index (χ2n) is 6.35. The van der Waals surface area contributed by atoms with Crippen LogP contribution in [-0.4, -0.2) is 47.0 Å². The molecule has 2 heterocycles. The zero-order valence-electron chi connectivity index (χ0n) is 15.5. The highest BCUT2D eigenvalue weighted by Crippen LogP contribution is 2.21. The summed E-state index contributed by atoms with van der Waals surface area (Å²) in [6.45, 7) is 2.33. The number of nitrogens with zero attached hydrogens (tertiary/aromatic N) is 4. The lowest BCUT2D eigenvalue weighted by molar-refractivity contribution is 0.425. The Labute approximate surface area is 168 Å². The van der Waals surface area contributed by atoms with Crippen molar-refractivity contribution in [3.63, 3.8) is 0 Å². The van der Waals surface area contributed by atoms with Crippen LogP contribution in [0.1, 0.15) is 5.56 Å². The average molecular weight is 427 g/mol. The van der Waals surface area contributed by atoms with Gasteiger partial charge in [0, 0.05) is 36.4 Å². The standard InChI is InChI=1S/C20H23BrN6/c1-27(2)12-11-23-20-25-18(17-9-5-6-10-22-17)13-19(26-20)24-14-15-7-3-4-8-16(15)21/h3-10,13H,11-12,14H2,1-2H3,(H2,23,24,25,26). The van der Waals surface area contributed by atoms with Gasteiger partial charge in [-0.25, -0.2) is 4.98 Å². The summed E-state index contributed by atoms with van der Waals surface area (Å²) in [5.41, 5.74) is 2.77. The van der Waals surface area contributed by atoms with Crippen LogP contribution in [0.15, 0.2) is 59.2 Å². The predicted octanol–water partition coefficient (Wildman–Crippen LogP) is 3.89. The Kier molecular flexibility index (Phi) is 6.73. The van der Waals surface area contributed by atoms with Gasteiger partial charge in [0.2, 0.25) is 5.95 Å². The molecule has 0 aliphatic carbocycles. The van der Waals surface area contributed by atoms with Gasteiger partial charge >= 0.3 is 0 Å². The molecule has 0 saturated heterocycles. The fourth-order valence-corrected chi connectivity index (χ4v) is 2.91. The van der Waals surface area contributed by atoms with Crippen LogP contribution in [0.4, 0.5) is 11.8 Å². The number of rotatable bonds is 8. The van der Waals surface area contributed by atoms with Gasteiger partial charge in [0.05, 0.1) is 11.4 Å². The number of halogens is 1. The van der Waals surface area contributed by atoms with Crippen molar-refractivity contribution in [2.45, 2.75) is 6.54 Å². The molecule has 3 aromatic rings. The lowest BCUT2D eigenvalue weighted by atomic mass is 10.2. The lowest BCUT2D eigenvalue weighted by Crippen LogP contribution is -2.21. The molecular weight excluding hydrogens is 404 g/mol. The molecule has 2 aromatic heterocycles. The first kappa shape index (κ1) is 19.3. The number of hydrogen-bond acceptors (Lipinski definition) is 6. The molecule has 0 aliphatic heterocycles. The molecule has 7 heteroatoms. The molecule has 0 aliphatic rings. The van der Waals surface area contributed by atoms with Crippen LogP contribution in [0.2, 0.25) is 0 Å². The number of aromatic nitrogens is 3. The molecular formula is C20H23BrN6. The highest BCUT2D eigenvalue weighted by Gasteiger charge is 2.08. The van der Waals surface area contributed by atoms with Gasteiger partial charge in [-0.15, -0.1) is 0 Å². The summed E-state index contributed by atoms with van der Waals surface area (Å²) < 4.78 is 1.07. The first-order valence-electron chi connectivity index (χ1n) is 8.78. The van der Waals surface area contributed by atoms with E-state index in [9.17, 15) is 0 Å². The molecule has 3 rings (SSSR count). The Bertz CT molecular complexity index is 869. The maximum absolute atomic E-state index is 4.62. The predicted molar refractivity (Wildman–Crippen MR) is 114 cm³/mol. The van der Waals surface area contributed by atoms with Crippen LogP contribution in [0.25, 0.3) is 11.4 Å². The Hall–Kier alpha value is -2.51. The molecule has 0 unspecified atom stereocenters. The van der Waals surface area contributed by atoms with Crippen molar-refractivity contribution in [3.05, 3.63) is 64.8 Å². The Morgan fingerprint density at radius 2 is 1.78 bits per heavy atom. The van der Waals surface area contributed by atoms with E-state index in [1.165, 1.54) is 0 Å². The molecule has 0 radical (unpaired) electrons. The lowest BCUT2D eigenvalue weighted by Gasteiger charge is -2.13. The number of anilines is 2. The third-order valence-electron chi connectivity index (χ3n) is 3.91. The van der Waals surface area contributed by atoms with Crippen LogP contribution < -0.4 is 10.6 Å². The minimum Gasteiger partial charge on any atom is -0.366 e. The first-order chi connectivity index (χ1) is 13.1. The molecule has 1 aromatic carbocycles. The van der Waals surface area contributed by atoms with Gasteiger partial charge in [-0.1, -0.05) is 40.2 Å². The smallest absolute Gasteiger partial charge is 0.225 e. The van der Waals surface area contributed by atoms with Gasteiger partial charge in [0.1, 0.15) is 5.82 Å². The van der Waals surface area contributed by atoms with Crippen molar-refractivity contribution in [1.82, 2.24) is 19.9 Å². The summed E-state index contributed by atoms with van der Waals surface area (Å²) in [7, 11) is 4.08. The fourth-order valence-electron chi connectivity index (χ4n) is 2.48. The highest BCUT2D eigenvalue weighted by atomic mass is 79.9. The monoisotopic (exact) mass is 426 g/mol. The summed E-state index contributed by atoms with van der Waals surface area (Å²) in [5.74, 6) is 1.35. The van der Waals surface area contributed by atoms with E-state index in [1.54, 1.807) is 6.20 Å². The Balaban J connectivity index is 1.81. The SMILES string of the molecule is CN(C)CCNc1nc(NCc2ccccc2Br)cc(-c2ccccn2)n1.